The maximum Gasteiger partial charge on any atom is 0.573 e. The minimum absolute atomic E-state index is 0.0271. The zero-order valence-corrected chi connectivity index (χ0v) is 14.6. The van der Waals surface area contributed by atoms with Crippen LogP contribution in [0.1, 0.15) is 12.8 Å². The van der Waals surface area contributed by atoms with E-state index in [0.717, 1.165) is 11.8 Å². The van der Waals surface area contributed by atoms with Gasteiger partial charge in [-0.3, -0.25) is 5.41 Å². The van der Waals surface area contributed by atoms with Crippen LogP contribution in [-0.4, -0.2) is 25.9 Å². The lowest BCUT2D eigenvalue weighted by Crippen LogP contribution is -2.17. The Bertz CT molecular complexity index is 1050. The van der Waals surface area contributed by atoms with E-state index in [4.69, 9.17) is 10.7 Å². The predicted molar refractivity (Wildman–Crippen MR) is 89.8 cm³/mol. The molecule has 7 nitrogen and oxygen atoms in total. The highest BCUT2D eigenvalue weighted by molar-refractivity contribution is 7.99. The number of aryl methyl sites for hydroxylation is 1. The number of nitrogens with one attached hydrogen (secondary N) is 2. The molecule has 0 atom stereocenters. The van der Waals surface area contributed by atoms with Crippen molar-refractivity contribution < 1.29 is 17.9 Å². The molecule has 0 aliphatic carbocycles. The molecule has 0 saturated heterocycles. The highest BCUT2D eigenvalue weighted by atomic mass is 32.2. The average Bonchev–Trinajstić information content (AvgIpc) is 3.02. The first-order chi connectivity index (χ1) is 12.9. The molecule has 0 fully saturated rings. The number of benzene rings is 1. The number of unbranched alkanes of at least 4 members (excludes halogenated alkanes) is 1. The molecule has 0 spiro atoms. The minimum Gasteiger partial charge on any atom is -0.405 e. The van der Waals surface area contributed by atoms with E-state index < -0.39 is 6.36 Å². The van der Waals surface area contributed by atoms with Crippen molar-refractivity contribution in [2.24, 2.45) is 0 Å². The third kappa shape index (κ3) is 4.59. The minimum atomic E-state index is -4.80. The summed E-state index contributed by atoms with van der Waals surface area (Å²) in [6, 6.07) is 7.79. The van der Waals surface area contributed by atoms with Crippen molar-refractivity contribution in [3.63, 3.8) is 0 Å². The first-order valence-corrected chi connectivity index (χ1v) is 8.58. The van der Waals surface area contributed by atoms with Gasteiger partial charge in [-0.25, -0.2) is 9.97 Å². The average molecular weight is 394 g/mol. The van der Waals surface area contributed by atoms with Crippen molar-refractivity contribution in [3.05, 3.63) is 36.1 Å². The molecule has 140 valence electrons. The van der Waals surface area contributed by atoms with E-state index in [2.05, 4.69) is 25.8 Å². The number of H-pyrrole nitrogens is 1. The van der Waals surface area contributed by atoms with Gasteiger partial charge in [0.05, 0.1) is 17.3 Å². The van der Waals surface area contributed by atoms with Gasteiger partial charge in [0.2, 0.25) is 0 Å². The van der Waals surface area contributed by atoms with Gasteiger partial charge in [-0.15, -0.1) is 13.2 Å². The van der Waals surface area contributed by atoms with E-state index in [1.807, 2.05) is 0 Å². The van der Waals surface area contributed by atoms with Crippen molar-refractivity contribution in [2.75, 3.05) is 0 Å². The monoisotopic (exact) mass is 394 g/mol. The van der Waals surface area contributed by atoms with Gasteiger partial charge in [-0.05, 0) is 30.3 Å². The number of para-hydroxylation sites is 1. The first-order valence-electron chi connectivity index (χ1n) is 7.77. The van der Waals surface area contributed by atoms with Crippen LogP contribution >= 0.6 is 11.8 Å². The Balaban J connectivity index is 1.93. The summed E-state index contributed by atoms with van der Waals surface area (Å²) >= 11 is 0.958. The molecule has 0 amide bonds. The Labute approximate surface area is 155 Å². The molecule has 3 aromatic rings. The number of aromatic amines is 1. The lowest BCUT2D eigenvalue weighted by atomic mass is 10.3. The van der Waals surface area contributed by atoms with Crippen molar-refractivity contribution in [1.29, 1.82) is 10.7 Å². The maximum absolute atomic E-state index is 12.6. The van der Waals surface area contributed by atoms with Gasteiger partial charge in [-0.1, -0.05) is 12.1 Å². The number of aromatic nitrogens is 4. The Kier molecular flexibility index (Phi) is 5.36. The molecule has 0 radical (unpaired) electrons. The number of ether oxygens (including phenoxy) is 1. The van der Waals surface area contributed by atoms with E-state index >= 15 is 0 Å². The lowest BCUT2D eigenvalue weighted by molar-refractivity contribution is -0.275. The SMILES string of the molecule is N#CCCCn1cnc(=N)c2[nH]c(Sc3ccccc3OC(F)(F)F)nc21. The maximum atomic E-state index is 12.6. The fourth-order valence-corrected chi connectivity index (χ4v) is 3.20. The van der Waals surface area contributed by atoms with Crippen molar-refractivity contribution in [2.45, 2.75) is 35.8 Å². The van der Waals surface area contributed by atoms with Crippen LogP contribution in [0.4, 0.5) is 13.2 Å². The molecule has 3 rings (SSSR count). The third-order valence-electron chi connectivity index (χ3n) is 3.47. The van der Waals surface area contributed by atoms with Crippen molar-refractivity contribution in [3.8, 4) is 11.8 Å². The van der Waals surface area contributed by atoms with Gasteiger partial charge in [0.15, 0.2) is 16.3 Å². The molecule has 0 aliphatic heterocycles. The second-order valence-electron chi connectivity index (χ2n) is 5.39. The number of nitriles is 1. The van der Waals surface area contributed by atoms with Crippen LogP contribution in [0, 0.1) is 16.7 Å². The third-order valence-corrected chi connectivity index (χ3v) is 4.41. The van der Waals surface area contributed by atoms with Crippen LogP contribution in [0.15, 0.2) is 40.6 Å². The number of halogens is 3. The topological polar surface area (TPSA) is 103 Å². The number of rotatable bonds is 6. The van der Waals surface area contributed by atoms with E-state index in [1.165, 1.54) is 24.5 Å². The molecular formula is C16H13F3N6OS. The molecule has 1 aromatic carbocycles. The van der Waals surface area contributed by atoms with Gasteiger partial charge in [0.25, 0.3) is 0 Å². The molecule has 0 aliphatic rings. The highest BCUT2D eigenvalue weighted by Gasteiger charge is 2.32. The fourth-order valence-electron chi connectivity index (χ4n) is 2.35. The Morgan fingerprint density at radius 1 is 1.33 bits per heavy atom. The number of alkyl halides is 3. The molecular weight excluding hydrogens is 381 g/mol. The fraction of sp³-hybridized carbons (Fsp3) is 0.250. The molecule has 27 heavy (non-hydrogen) atoms. The van der Waals surface area contributed by atoms with Gasteiger partial charge in [0.1, 0.15) is 11.3 Å². The van der Waals surface area contributed by atoms with Crippen molar-refractivity contribution in [1.82, 2.24) is 19.5 Å². The standard InChI is InChI=1S/C16H13F3N6OS/c17-16(18,19)26-10-5-1-2-6-11(10)27-15-23-12-13(21)22-9-25(14(12)24-15)8-4-3-7-20/h1-2,5-6,9,21H,3-4,8H2,(H,23,24). The van der Waals surface area contributed by atoms with Gasteiger partial charge < -0.3 is 14.3 Å². The van der Waals surface area contributed by atoms with Crippen LogP contribution in [0.3, 0.4) is 0 Å². The van der Waals surface area contributed by atoms with E-state index in [1.54, 1.807) is 10.6 Å². The Morgan fingerprint density at radius 3 is 2.85 bits per heavy atom. The van der Waals surface area contributed by atoms with Gasteiger partial charge in [0, 0.05) is 13.0 Å². The number of nitrogens with zero attached hydrogens (tertiary/aromatic N) is 4. The molecule has 2 N–H and O–H groups in total. The molecule has 0 saturated carbocycles. The normalized spacial score (nSPS) is 11.5. The summed E-state index contributed by atoms with van der Waals surface area (Å²) in [4.78, 5) is 11.5. The number of imidazole rings is 1. The molecule has 2 aromatic heterocycles. The quantitative estimate of drug-likeness (QED) is 0.622. The predicted octanol–water partition coefficient (Wildman–Crippen LogP) is 3.59. The van der Waals surface area contributed by atoms with Gasteiger partial charge >= 0.3 is 6.36 Å². The summed E-state index contributed by atoms with van der Waals surface area (Å²) < 4.78 is 43.4. The number of hydrogen-bond acceptors (Lipinski definition) is 6. The van der Waals surface area contributed by atoms with Crippen LogP contribution in [0.2, 0.25) is 0 Å². The van der Waals surface area contributed by atoms with E-state index in [0.29, 0.717) is 35.7 Å². The molecule has 0 bridgehead atoms. The Morgan fingerprint density at radius 2 is 2.11 bits per heavy atom. The van der Waals surface area contributed by atoms with Crippen LogP contribution in [0.25, 0.3) is 11.2 Å². The second-order valence-corrected chi connectivity index (χ2v) is 6.42. The van der Waals surface area contributed by atoms with Gasteiger partial charge in [-0.2, -0.15) is 5.26 Å². The number of fused-ring (bicyclic) bond motifs is 1. The molecule has 11 heteroatoms. The zero-order valence-electron chi connectivity index (χ0n) is 13.7. The lowest BCUT2D eigenvalue weighted by Gasteiger charge is -2.11. The first kappa shape index (κ1) is 18.8. The second kappa shape index (κ2) is 7.71. The summed E-state index contributed by atoms with van der Waals surface area (Å²) in [6.45, 7) is 0.486. The van der Waals surface area contributed by atoms with E-state index in [-0.39, 0.29) is 16.1 Å². The van der Waals surface area contributed by atoms with Crippen molar-refractivity contribution >= 4 is 22.9 Å². The highest BCUT2D eigenvalue weighted by Crippen LogP contribution is 2.36. The largest absolute Gasteiger partial charge is 0.573 e. The summed E-state index contributed by atoms with van der Waals surface area (Å²) in [7, 11) is 0. The smallest absolute Gasteiger partial charge is 0.405 e. The summed E-state index contributed by atoms with van der Waals surface area (Å²) in [5.74, 6) is -0.332. The van der Waals surface area contributed by atoms with Crippen LogP contribution in [0.5, 0.6) is 5.75 Å². The van der Waals surface area contributed by atoms with Crippen LogP contribution < -0.4 is 10.2 Å². The number of hydrogen-bond donors (Lipinski definition) is 2. The van der Waals surface area contributed by atoms with E-state index in [9.17, 15) is 13.2 Å². The molecule has 0 unspecified atom stereocenters. The summed E-state index contributed by atoms with van der Waals surface area (Å²) in [5.41, 5.74) is 0.788. The Hall–Kier alpha value is -3.00. The van der Waals surface area contributed by atoms with Crippen LogP contribution in [-0.2, 0) is 6.54 Å². The summed E-state index contributed by atoms with van der Waals surface area (Å²) in [5, 5.41) is 16.9. The molecule has 2 heterocycles. The zero-order chi connectivity index (χ0) is 19.4. The summed E-state index contributed by atoms with van der Waals surface area (Å²) in [6.07, 6.45) is -2.39.